The number of methoxy groups -OCH3 is 1. The number of anilines is 1. The normalized spacial score (nSPS) is 15.3. The number of ether oxygens (including phenoxy) is 2. The number of rotatable bonds is 2. The zero-order valence-electron chi connectivity index (χ0n) is 9.73. The number of nitrogens with zero attached hydrogens (tertiary/aromatic N) is 2. The number of thiophene rings is 1. The van der Waals surface area contributed by atoms with E-state index < -0.39 is 5.97 Å². The average molecular weight is 331 g/mol. The first kappa shape index (κ1) is 13.3. The van der Waals surface area contributed by atoms with Crippen molar-refractivity contribution in [3.05, 3.63) is 14.9 Å². The van der Waals surface area contributed by atoms with E-state index in [-0.39, 0.29) is 0 Å². The number of hydrogen-bond donors (Lipinski definition) is 0. The van der Waals surface area contributed by atoms with Crippen molar-refractivity contribution >= 4 is 38.2 Å². The Kier molecular flexibility index (Phi) is 4.22. The summed E-state index contributed by atoms with van der Waals surface area (Å²) in [6, 6.07) is 2.13. The summed E-state index contributed by atoms with van der Waals surface area (Å²) in [5, 5.41) is 10.0. The molecule has 1 fully saturated rings. The van der Waals surface area contributed by atoms with Gasteiger partial charge in [-0.1, -0.05) is 0 Å². The maximum atomic E-state index is 11.6. The molecule has 2 heterocycles. The van der Waals surface area contributed by atoms with Crippen molar-refractivity contribution in [2.45, 2.75) is 0 Å². The van der Waals surface area contributed by atoms with Crippen LogP contribution in [0.5, 0.6) is 0 Å². The lowest BCUT2D eigenvalue weighted by Gasteiger charge is -2.27. The van der Waals surface area contributed by atoms with Crippen molar-refractivity contribution in [2.75, 3.05) is 38.3 Å². The largest absolute Gasteiger partial charge is 0.465 e. The fourth-order valence-corrected chi connectivity index (χ4v) is 3.64. The van der Waals surface area contributed by atoms with Gasteiger partial charge < -0.3 is 14.4 Å². The van der Waals surface area contributed by atoms with Crippen molar-refractivity contribution in [3.63, 3.8) is 0 Å². The molecule has 0 aliphatic carbocycles. The number of carbonyl (C=O) groups is 1. The summed E-state index contributed by atoms with van der Waals surface area (Å²) < 4.78 is 10.5. The highest BCUT2D eigenvalue weighted by atomic mass is 79.9. The molecule has 7 heteroatoms. The van der Waals surface area contributed by atoms with Crippen LogP contribution in [0.1, 0.15) is 15.2 Å². The summed E-state index contributed by atoms with van der Waals surface area (Å²) in [6.45, 7) is 2.71. The van der Waals surface area contributed by atoms with Gasteiger partial charge in [0.05, 0.1) is 24.8 Å². The highest BCUT2D eigenvalue weighted by Crippen LogP contribution is 2.39. The average Bonchev–Trinajstić information content (AvgIpc) is 2.76. The fourth-order valence-electron chi connectivity index (χ4n) is 1.71. The first-order valence-electron chi connectivity index (χ1n) is 5.32. The second-order valence-corrected chi connectivity index (χ2v) is 5.42. The summed E-state index contributed by atoms with van der Waals surface area (Å²) >= 11 is 4.58. The topological polar surface area (TPSA) is 62.6 Å². The number of halogens is 1. The van der Waals surface area contributed by atoms with Crippen LogP contribution >= 0.6 is 27.3 Å². The Bertz CT molecular complexity index is 503. The summed E-state index contributed by atoms with van der Waals surface area (Å²) in [7, 11) is 1.33. The molecule has 0 amide bonds. The molecule has 5 nitrogen and oxygen atoms in total. The molecule has 0 bridgehead atoms. The smallest absolute Gasteiger partial charge is 0.349 e. The number of morpholine rings is 1. The van der Waals surface area contributed by atoms with E-state index in [1.165, 1.54) is 18.4 Å². The van der Waals surface area contributed by atoms with E-state index in [0.717, 1.165) is 18.1 Å². The molecular weight excluding hydrogens is 320 g/mol. The van der Waals surface area contributed by atoms with Crippen LogP contribution in [0.3, 0.4) is 0 Å². The third-order valence-electron chi connectivity index (χ3n) is 2.61. The number of nitriles is 1. The van der Waals surface area contributed by atoms with Gasteiger partial charge in [0.25, 0.3) is 0 Å². The Hall–Kier alpha value is -1.10. The van der Waals surface area contributed by atoms with E-state index in [2.05, 4.69) is 26.9 Å². The van der Waals surface area contributed by atoms with Crippen molar-refractivity contribution in [3.8, 4) is 6.07 Å². The molecule has 0 radical (unpaired) electrons. The van der Waals surface area contributed by atoms with Gasteiger partial charge in [0, 0.05) is 13.1 Å². The molecule has 96 valence electrons. The number of esters is 1. The summed E-state index contributed by atoms with van der Waals surface area (Å²) in [6.07, 6.45) is 0. The van der Waals surface area contributed by atoms with Gasteiger partial charge in [-0.15, -0.1) is 11.3 Å². The van der Waals surface area contributed by atoms with E-state index in [4.69, 9.17) is 9.47 Å². The molecule has 0 aromatic carbocycles. The minimum Gasteiger partial charge on any atom is -0.465 e. The van der Waals surface area contributed by atoms with Crippen LogP contribution in [0.4, 0.5) is 5.00 Å². The number of carbonyl (C=O) groups excluding carboxylic acids is 1. The second kappa shape index (κ2) is 5.69. The van der Waals surface area contributed by atoms with Gasteiger partial charge in [-0.05, 0) is 15.9 Å². The molecule has 18 heavy (non-hydrogen) atoms. The van der Waals surface area contributed by atoms with E-state index in [1.54, 1.807) is 0 Å². The van der Waals surface area contributed by atoms with Gasteiger partial charge in [-0.3, -0.25) is 0 Å². The molecule has 0 atom stereocenters. The highest BCUT2D eigenvalue weighted by molar-refractivity contribution is 9.10. The molecule has 1 aromatic heterocycles. The van der Waals surface area contributed by atoms with Crippen molar-refractivity contribution in [1.82, 2.24) is 0 Å². The predicted molar refractivity (Wildman–Crippen MR) is 71.1 cm³/mol. The first-order valence-corrected chi connectivity index (χ1v) is 6.93. The molecule has 0 N–H and O–H groups in total. The summed E-state index contributed by atoms with van der Waals surface area (Å²) in [5.41, 5.74) is 0.488. The fraction of sp³-hybridized carbons (Fsp3) is 0.455. The quantitative estimate of drug-likeness (QED) is 0.776. The predicted octanol–water partition coefficient (Wildman–Crippen LogP) is 2.01. The molecule has 0 unspecified atom stereocenters. The Morgan fingerprint density at radius 1 is 1.56 bits per heavy atom. The third kappa shape index (κ3) is 2.36. The summed E-state index contributed by atoms with van der Waals surface area (Å²) in [5.74, 6) is -0.428. The Morgan fingerprint density at radius 2 is 2.22 bits per heavy atom. The maximum absolute atomic E-state index is 11.6. The minimum atomic E-state index is -0.428. The second-order valence-electron chi connectivity index (χ2n) is 3.63. The first-order chi connectivity index (χ1) is 8.69. The highest BCUT2D eigenvalue weighted by Gasteiger charge is 2.25. The van der Waals surface area contributed by atoms with Crippen molar-refractivity contribution in [2.24, 2.45) is 0 Å². The van der Waals surface area contributed by atoms with Crippen LogP contribution in [0, 0.1) is 11.3 Å². The lowest BCUT2D eigenvalue weighted by atomic mass is 10.3. The monoisotopic (exact) mass is 330 g/mol. The lowest BCUT2D eigenvalue weighted by molar-refractivity contribution is 0.0605. The third-order valence-corrected chi connectivity index (χ3v) is 4.90. The lowest BCUT2D eigenvalue weighted by Crippen LogP contribution is -2.36. The molecule has 1 aliphatic rings. The summed E-state index contributed by atoms with van der Waals surface area (Å²) in [4.78, 5) is 14.1. The Labute approximate surface area is 117 Å². The van der Waals surface area contributed by atoms with Gasteiger partial charge in [0.1, 0.15) is 21.5 Å². The zero-order valence-corrected chi connectivity index (χ0v) is 12.1. The Balaban J connectivity index is 2.40. The van der Waals surface area contributed by atoms with Gasteiger partial charge in [-0.25, -0.2) is 4.79 Å². The van der Waals surface area contributed by atoms with Crippen molar-refractivity contribution in [1.29, 1.82) is 5.26 Å². The van der Waals surface area contributed by atoms with Crippen LogP contribution in [0.25, 0.3) is 0 Å². The number of hydrogen-bond acceptors (Lipinski definition) is 6. The molecular formula is C11H11BrN2O3S. The van der Waals surface area contributed by atoms with E-state index in [0.29, 0.717) is 28.1 Å². The van der Waals surface area contributed by atoms with E-state index in [9.17, 15) is 10.1 Å². The van der Waals surface area contributed by atoms with Crippen LogP contribution < -0.4 is 4.90 Å². The molecule has 0 saturated carbocycles. The van der Waals surface area contributed by atoms with E-state index in [1.807, 2.05) is 0 Å². The van der Waals surface area contributed by atoms with Gasteiger partial charge >= 0.3 is 5.97 Å². The molecule has 1 saturated heterocycles. The molecule has 1 aliphatic heterocycles. The van der Waals surface area contributed by atoms with Crippen LogP contribution in [0.2, 0.25) is 0 Å². The van der Waals surface area contributed by atoms with E-state index >= 15 is 0 Å². The van der Waals surface area contributed by atoms with Crippen molar-refractivity contribution < 1.29 is 14.3 Å². The van der Waals surface area contributed by atoms with Crippen LogP contribution in [-0.4, -0.2) is 39.4 Å². The van der Waals surface area contributed by atoms with Crippen LogP contribution in [-0.2, 0) is 9.47 Å². The SMILES string of the molecule is COC(=O)c1sc(N2CCOCC2)c(C#N)c1Br. The zero-order chi connectivity index (χ0) is 13.1. The molecule has 2 rings (SSSR count). The van der Waals surface area contributed by atoms with Gasteiger partial charge in [0.2, 0.25) is 0 Å². The molecule has 1 aromatic rings. The van der Waals surface area contributed by atoms with Gasteiger partial charge in [-0.2, -0.15) is 5.26 Å². The minimum absolute atomic E-state index is 0.426. The van der Waals surface area contributed by atoms with Crippen LogP contribution in [0.15, 0.2) is 4.47 Å². The maximum Gasteiger partial charge on any atom is 0.349 e. The van der Waals surface area contributed by atoms with Gasteiger partial charge in [0.15, 0.2) is 0 Å². The molecule has 0 spiro atoms. The standard InChI is InChI=1S/C11H11BrN2O3S/c1-16-11(15)9-8(12)7(6-13)10(18-9)14-2-4-17-5-3-14/h2-5H2,1H3. The Morgan fingerprint density at radius 3 is 2.78 bits per heavy atom.